The van der Waals surface area contributed by atoms with Crippen molar-refractivity contribution in [2.75, 3.05) is 26.2 Å². The molecule has 0 radical (unpaired) electrons. The van der Waals surface area contributed by atoms with Crippen LogP contribution in [0.1, 0.15) is 42.3 Å². The van der Waals surface area contributed by atoms with Gasteiger partial charge < -0.3 is 18.8 Å². The summed E-state index contributed by atoms with van der Waals surface area (Å²) in [5, 5.41) is 0.628. The van der Waals surface area contributed by atoms with Crippen LogP contribution in [0.2, 0.25) is 0 Å². The van der Waals surface area contributed by atoms with Crippen molar-refractivity contribution in [3.63, 3.8) is 0 Å². The predicted molar refractivity (Wildman–Crippen MR) is 135 cm³/mol. The summed E-state index contributed by atoms with van der Waals surface area (Å²) in [6.07, 6.45) is 0. The Bertz CT molecular complexity index is 1520. The van der Waals surface area contributed by atoms with E-state index in [0.29, 0.717) is 39.3 Å². The van der Waals surface area contributed by atoms with Crippen molar-refractivity contribution >= 4 is 34.2 Å². The van der Waals surface area contributed by atoms with Crippen molar-refractivity contribution in [2.24, 2.45) is 7.05 Å². The van der Waals surface area contributed by atoms with Crippen LogP contribution in [0.15, 0.2) is 54.6 Å². The third kappa shape index (κ3) is 3.25. The van der Waals surface area contributed by atoms with Crippen LogP contribution < -0.4 is 19.1 Å². The van der Waals surface area contributed by atoms with E-state index in [1.54, 1.807) is 48.0 Å². The monoisotopic (exact) mass is 484 g/mol. The molecule has 0 bridgehead atoms. The summed E-state index contributed by atoms with van der Waals surface area (Å²) in [6, 6.07) is 15.4. The van der Waals surface area contributed by atoms with Gasteiger partial charge in [-0.15, -0.1) is 0 Å². The second-order valence-electron chi connectivity index (χ2n) is 8.51. The Hall–Kier alpha value is -4.59. The van der Waals surface area contributed by atoms with E-state index < -0.39 is 17.6 Å². The van der Waals surface area contributed by atoms with E-state index in [2.05, 4.69) is 0 Å². The van der Waals surface area contributed by atoms with Gasteiger partial charge in [-0.25, -0.2) is 4.90 Å². The van der Waals surface area contributed by atoms with Gasteiger partial charge in [0, 0.05) is 18.0 Å². The van der Waals surface area contributed by atoms with E-state index >= 15 is 0 Å². The fourth-order valence-corrected chi connectivity index (χ4v) is 4.77. The number of ether oxygens (including phenoxy) is 3. The van der Waals surface area contributed by atoms with Crippen LogP contribution in [0.3, 0.4) is 0 Å². The quantitative estimate of drug-likeness (QED) is 0.295. The van der Waals surface area contributed by atoms with Gasteiger partial charge in [0.15, 0.2) is 11.5 Å². The van der Waals surface area contributed by atoms with E-state index in [9.17, 15) is 14.4 Å². The van der Waals surface area contributed by atoms with Gasteiger partial charge in [-0.3, -0.25) is 14.4 Å². The van der Waals surface area contributed by atoms with E-state index in [-0.39, 0.29) is 16.9 Å². The number of carbonyl (C=O) groups excluding carboxylic acids is 3. The molecule has 8 heteroatoms. The highest BCUT2D eigenvalue weighted by molar-refractivity contribution is 6.38. The maximum absolute atomic E-state index is 14.1. The zero-order valence-electron chi connectivity index (χ0n) is 20.5. The molecule has 0 aliphatic carbocycles. The number of benzene rings is 3. The first-order valence-corrected chi connectivity index (χ1v) is 11.2. The lowest BCUT2D eigenvalue weighted by atomic mass is 10.0. The summed E-state index contributed by atoms with van der Waals surface area (Å²) in [4.78, 5) is 42.1. The Balaban J connectivity index is 1.78. The number of methoxy groups -OCH3 is 3. The maximum atomic E-state index is 14.1. The lowest BCUT2D eigenvalue weighted by Gasteiger charge is -2.17. The molecule has 3 aromatic carbocycles. The molecule has 0 atom stereocenters. The first-order valence-electron chi connectivity index (χ1n) is 11.2. The van der Waals surface area contributed by atoms with Crippen LogP contribution in [0.5, 0.6) is 17.2 Å². The minimum absolute atomic E-state index is 0.194. The van der Waals surface area contributed by atoms with Crippen molar-refractivity contribution < 1.29 is 28.6 Å². The summed E-state index contributed by atoms with van der Waals surface area (Å²) in [6.45, 7) is 1.92. The van der Waals surface area contributed by atoms with E-state index in [0.717, 1.165) is 10.5 Å². The van der Waals surface area contributed by atoms with Crippen LogP contribution in [-0.4, -0.2) is 43.5 Å². The molecule has 5 rings (SSSR count). The van der Waals surface area contributed by atoms with E-state index in [1.807, 2.05) is 25.1 Å². The molecule has 1 aromatic heterocycles. The Morgan fingerprint density at radius 2 is 1.39 bits per heavy atom. The molecule has 1 aliphatic heterocycles. The number of anilines is 1. The highest BCUT2D eigenvalue weighted by Gasteiger charge is 2.41. The molecule has 8 nitrogen and oxygen atoms in total. The summed E-state index contributed by atoms with van der Waals surface area (Å²) >= 11 is 0. The third-order valence-electron chi connectivity index (χ3n) is 6.49. The Labute approximate surface area is 207 Å². The van der Waals surface area contributed by atoms with Gasteiger partial charge in [0.1, 0.15) is 5.69 Å². The zero-order valence-corrected chi connectivity index (χ0v) is 20.5. The number of aryl methyl sites for hydroxylation is 2. The van der Waals surface area contributed by atoms with Crippen LogP contribution in [0.4, 0.5) is 5.69 Å². The molecule has 0 fully saturated rings. The van der Waals surface area contributed by atoms with Crippen molar-refractivity contribution in [3.05, 3.63) is 82.5 Å². The number of rotatable bonds is 6. The Kier molecular flexibility index (Phi) is 5.51. The second-order valence-corrected chi connectivity index (χ2v) is 8.51. The van der Waals surface area contributed by atoms with E-state index in [1.165, 1.54) is 21.3 Å². The average molecular weight is 485 g/mol. The second kappa shape index (κ2) is 8.57. The zero-order chi connectivity index (χ0) is 25.7. The maximum Gasteiger partial charge on any atom is 0.266 e. The minimum Gasteiger partial charge on any atom is -0.493 e. The molecule has 0 spiro atoms. The average Bonchev–Trinajstić information content (AvgIpc) is 3.31. The number of aromatic nitrogens is 1. The van der Waals surface area contributed by atoms with Crippen molar-refractivity contribution in [1.82, 2.24) is 4.57 Å². The molecule has 2 heterocycles. The molecule has 36 heavy (non-hydrogen) atoms. The number of imide groups is 1. The highest BCUT2D eigenvalue weighted by atomic mass is 16.5. The number of hydrogen-bond donors (Lipinski definition) is 0. The first kappa shape index (κ1) is 23.2. The molecule has 0 unspecified atom stereocenters. The molecule has 2 amide bonds. The van der Waals surface area contributed by atoms with Crippen LogP contribution in [0, 0.1) is 6.92 Å². The number of fused-ring (bicyclic) bond motifs is 2. The van der Waals surface area contributed by atoms with E-state index in [4.69, 9.17) is 14.2 Å². The first-order chi connectivity index (χ1) is 17.3. The number of ketones is 1. The molecular formula is C28H24N2O6. The van der Waals surface area contributed by atoms with Crippen molar-refractivity contribution in [3.8, 4) is 17.2 Å². The standard InChI is InChI=1S/C28H24N2O6/c1-15-10-11-20-19(12-15)23(30-27(32)17-8-6-7-9-18(17)28(30)33)24(29(20)2)25(31)16-13-21(34-3)26(36-5)22(14-16)35-4/h6-14H,1-5H3. The smallest absolute Gasteiger partial charge is 0.266 e. The van der Waals surface area contributed by atoms with Gasteiger partial charge in [-0.2, -0.15) is 0 Å². The summed E-state index contributed by atoms with van der Waals surface area (Å²) < 4.78 is 18.0. The van der Waals surface area contributed by atoms with Gasteiger partial charge in [0.05, 0.1) is 43.7 Å². The highest BCUT2D eigenvalue weighted by Crippen LogP contribution is 2.42. The topological polar surface area (TPSA) is 87.1 Å². The van der Waals surface area contributed by atoms with Crippen LogP contribution in [-0.2, 0) is 7.05 Å². The molecule has 0 saturated heterocycles. The lowest BCUT2D eigenvalue weighted by Crippen LogP contribution is -2.31. The Morgan fingerprint density at radius 3 is 1.92 bits per heavy atom. The molecule has 182 valence electrons. The Morgan fingerprint density at radius 1 is 0.806 bits per heavy atom. The minimum atomic E-state index is -0.469. The molecule has 1 aliphatic rings. The molecule has 4 aromatic rings. The summed E-state index contributed by atoms with van der Waals surface area (Å²) in [5.74, 6) is -0.358. The van der Waals surface area contributed by atoms with Gasteiger partial charge in [0.2, 0.25) is 11.5 Å². The van der Waals surface area contributed by atoms with Crippen molar-refractivity contribution in [2.45, 2.75) is 6.92 Å². The number of nitrogens with zero attached hydrogens (tertiary/aromatic N) is 2. The number of hydrogen-bond acceptors (Lipinski definition) is 6. The van der Waals surface area contributed by atoms with Gasteiger partial charge >= 0.3 is 0 Å². The molecule has 0 saturated carbocycles. The SMILES string of the molecule is COc1cc(C(=O)c2c(N3C(=O)c4ccccc4C3=O)c3cc(C)ccc3n2C)cc(OC)c1OC. The van der Waals surface area contributed by atoms with Crippen LogP contribution in [0.25, 0.3) is 10.9 Å². The van der Waals surface area contributed by atoms with Gasteiger partial charge in [0.25, 0.3) is 11.8 Å². The summed E-state index contributed by atoms with van der Waals surface area (Å²) in [7, 11) is 6.16. The number of amides is 2. The normalized spacial score (nSPS) is 12.8. The number of carbonyl (C=O) groups is 3. The largest absolute Gasteiger partial charge is 0.493 e. The summed E-state index contributed by atoms with van der Waals surface area (Å²) in [5.41, 5.74) is 2.95. The fraction of sp³-hybridized carbons (Fsp3) is 0.179. The van der Waals surface area contributed by atoms with Crippen molar-refractivity contribution in [1.29, 1.82) is 0 Å². The predicted octanol–water partition coefficient (Wildman–Crippen LogP) is 4.54. The molecular weight excluding hydrogens is 460 g/mol. The van der Waals surface area contributed by atoms with Gasteiger partial charge in [-0.05, 0) is 43.3 Å². The fourth-order valence-electron chi connectivity index (χ4n) is 4.77. The van der Waals surface area contributed by atoms with Gasteiger partial charge in [-0.1, -0.05) is 23.8 Å². The third-order valence-corrected chi connectivity index (χ3v) is 6.49. The molecule has 0 N–H and O–H groups in total. The lowest BCUT2D eigenvalue weighted by molar-refractivity contribution is 0.0926. The van der Waals surface area contributed by atoms with Crippen LogP contribution >= 0.6 is 0 Å².